The third-order valence-corrected chi connectivity index (χ3v) is 21.9. The van der Waals surface area contributed by atoms with E-state index in [2.05, 4.69) is 183 Å². The summed E-state index contributed by atoms with van der Waals surface area (Å²) in [5.74, 6) is 2.00. The lowest BCUT2D eigenvalue weighted by molar-refractivity contribution is -0.134. The second kappa shape index (κ2) is 46.5. The Morgan fingerprint density at radius 3 is 1.29 bits per heavy atom. The summed E-state index contributed by atoms with van der Waals surface area (Å²) in [4.78, 5) is 34.9. The Morgan fingerprint density at radius 1 is 0.454 bits per heavy atom. The van der Waals surface area contributed by atoms with Gasteiger partial charge in [-0.1, -0.05) is 299 Å². The number of epoxide rings is 1. The Kier molecular flexibility index (Phi) is 40.2. The quantitative estimate of drug-likeness (QED) is 0.0144. The molecule has 8 aromatic rings. The summed E-state index contributed by atoms with van der Waals surface area (Å²) in [6.45, 7) is 60.0. The van der Waals surface area contributed by atoms with Gasteiger partial charge in [-0.3, -0.25) is 9.59 Å². The largest absolute Gasteiger partial charge is 0.508 e. The minimum atomic E-state index is -0.544. The Labute approximate surface area is 726 Å². The predicted octanol–water partition coefficient (Wildman–Crippen LogP) is 28.4. The first-order valence-electron chi connectivity index (χ1n) is 43.0. The zero-order chi connectivity index (χ0) is 90.1. The zero-order valence-electron chi connectivity index (χ0n) is 77.7. The lowest BCUT2D eigenvalue weighted by Gasteiger charge is -2.29. The van der Waals surface area contributed by atoms with Gasteiger partial charge >= 0.3 is 17.9 Å². The number of hydrogen-bond acceptors (Lipinski definition) is 13. The van der Waals surface area contributed by atoms with E-state index < -0.39 is 11.9 Å². The SMILES string of the molecule is CCCC(c1cc(C(C)(C)C)c(O)cc1C)c1cc(C(C)(C)C)c(O)cc1C.CCCCCC(=O)Oc1c(Cc2cc(C)cc(C(C)(C)C)c2O)cc(C)cc1C(C)(C)C.CCCCCCCCC1OC1C.CCOC(=O)c1cc(Cl)c(OC(C)=O)c(Cl)c1.Cc1cc(C)c(O)c(C(c2cc(C)cc(C)c2O)C(C)C)c1.Cc1ccc(O)cc1. The standard InChI is InChI=1S/C29H42O3.C26H38O2.C20H26O2.C11H10Cl2O4.C11H22O.C7H8O/c1-10-11-12-13-25(30)32-27-22(15-20(3)17-24(27)29(7,8)9)18-21-14-19(2)16-23(26(21)31)28(4,5)6;1-10-11-18(19-14-21(25(4,5)6)23(27)12-16(19)2)20-15-22(26(7,8)9)24(28)13-17(20)3;1-11(2)18(16-9-12(3)7-14(5)19(16)21)17-10-13(4)8-15(6)20(17)22;1-3-16-11(15)7-4-8(12)10(9(13)5-7)17-6(2)14;1-3-4-5-6-7-8-9-11-10(2)12-11;1-6-2-4-7(8)5-3-6/h14-17,31H,10-13,18H2,1-9H3;12-15,18,27-28H,10-11H2,1-9H3;7-11,18,21-22H,1-6H3;4-5H,3H2,1-2H3;10-11H,3-9H2,1-2H3;2-5,8H,1H3. The van der Waals surface area contributed by atoms with Gasteiger partial charge in [-0.2, -0.15) is 0 Å². The van der Waals surface area contributed by atoms with Crippen molar-refractivity contribution in [3.63, 3.8) is 0 Å². The number of unbranched alkanes of at least 4 members (excludes halogenated alkanes) is 7. The Bertz CT molecular complexity index is 4460. The van der Waals surface area contributed by atoms with Crippen molar-refractivity contribution in [2.75, 3.05) is 6.61 Å². The topological polar surface area (TPSA) is 213 Å². The van der Waals surface area contributed by atoms with Crippen molar-refractivity contribution >= 4 is 41.1 Å². The molecule has 6 N–H and O–H groups in total. The van der Waals surface area contributed by atoms with Gasteiger partial charge < -0.3 is 49.6 Å². The van der Waals surface area contributed by atoms with Crippen molar-refractivity contribution in [3.05, 3.63) is 231 Å². The number of carbonyl (C=O) groups is 3. The highest BCUT2D eigenvalue weighted by Gasteiger charge is 2.34. The van der Waals surface area contributed by atoms with Crippen LogP contribution >= 0.6 is 23.2 Å². The average molecular weight is 1680 g/mol. The van der Waals surface area contributed by atoms with E-state index in [1.165, 1.54) is 80.7 Å². The van der Waals surface area contributed by atoms with Gasteiger partial charge in [-0.05, 0) is 221 Å². The molecule has 1 fully saturated rings. The molecule has 9 rings (SSSR count). The number of benzene rings is 8. The third kappa shape index (κ3) is 32.1. The highest BCUT2D eigenvalue weighted by molar-refractivity contribution is 6.37. The molecule has 654 valence electrons. The number of phenolic OH excluding ortho intramolecular Hbond substituents is 6. The summed E-state index contributed by atoms with van der Waals surface area (Å²) in [5, 5.41) is 62.2. The van der Waals surface area contributed by atoms with Crippen LogP contribution in [0.1, 0.15) is 350 Å². The second-order valence-corrected chi connectivity index (χ2v) is 38.0. The number of aromatic hydroxyl groups is 6. The van der Waals surface area contributed by atoms with Gasteiger partial charge in [0.25, 0.3) is 0 Å². The number of ether oxygens (including phenoxy) is 4. The van der Waals surface area contributed by atoms with Crippen LogP contribution in [0.15, 0.2) is 109 Å². The Balaban J connectivity index is 0.000000314. The van der Waals surface area contributed by atoms with Gasteiger partial charge in [0, 0.05) is 48.3 Å². The van der Waals surface area contributed by atoms with Crippen LogP contribution in [0.4, 0.5) is 0 Å². The summed E-state index contributed by atoms with van der Waals surface area (Å²) in [7, 11) is 0. The van der Waals surface area contributed by atoms with Crippen LogP contribution < -0.4 is 9.47 Å². The average Bonchev–Trinajstić information content (AvgIpc) is 1.55. The minimum Gasteiger partial charge on any atom is -0.508 e. The predicted molar refractivity (Wildman–Crippen MR) is 495 cm³/mol. The van der Waals surface area contributed by atoms with Crippen LogP contribution in [0.2, 0.25) is 10.0 Å². The summed E-state index contributed by atoms with van der Waals surface area (Å²) >= 11 is 11.7. The van der Waals surface area contributed by atoms with Gasteiger partial charge in [0.1, 0.15) is 40.2 Å². The molecule has 15 heteroatoms. The number of rotatable bonds is 24. The first-order chi connectivity index (χ1) is 55.3. The monoisotopic (exact) mass is 1670 g/mol. The second-order valence-electron chi connectivity index (χ2n) is 37.1. The molecular formula is C104H146Cl2O13. The van der Waals surface area contributed by atoms with Crippen molar-refractivity contribution in [1.82, 2.24) is 0 Å². The van der Waals surface area contributed by atoms with Crippen molar-refractivity contribution in [1.29, 1.82) is 0 Å². The maximum absolute atomic E-state index is 12.7. The number of carbonyl (C=O) groups excluding carboxylic acids is 3. The van der Waals surface area contributed by atoms with Crippen molar-refractivity contribution in [3.8, 4) is 46.0 Å². The maximum Gasteiger partial charge on any atom is 0.338 e. The van der Waals surface area contributed by atoms with E-state index >= 15 is 0 Å². The molecule has 1 aliphatic rings. The summed E-state index contributed by atoms with van der Waals surface area (Å²) < 4.78 is 21.0. The smallest absolute Gasteiger partial charge is 0.338 e. The van der Waals surface area contributed by atoms with Crippen molar-refractivity contribution < 1.29 is 64.0 Å². The van der Waals surface area contributed by atoms with E-state index in [4.69, 9.17) is 47.3 Å². The first-order valence-corrected chi connectivity index (χ1v) is 43.8. The molecule has 0 aliphatic carbocycles. The van der Waals surface area contributed by atoms with E-state index in [1.807, 2.05) is 89.2 Å². The van der Waals surface area contributed by atoms with E-state index in [9.17, 15) is 39.9 Å². The fourth-order valence-electron chi connectivity index (χ4n) is 14.9. The molecule has 0 bridgehead atoms. The Hall–Kier alpha value is -8.49. The van der Waals surface area contributed by atoms with Gasteiger partial charge in [-0.15, -0.1) is 0 Å². The van der Waals surface area contributed by atoms with E-state index in [0.717, 1.165) is 121 Å². The first kappa shape index (κ1) is 103. The lowest BCUT2D eigenvalue weighted by Crippen LogP contribution is -2.18. The molecule has 13 nitrogen and oxygen atoms in total. The fraction of sp³-hybridized carbons (Fsp3) is 0.510. The molecule has 0 amide bonds. The zero-order valence-corrected chi connectivity index (χ0v) is 79.2. The molecule has 8 aromatic carbocycles. The van der Waals surface area contributed by atoms with Gasteiger partial charge in [-0.25, -0.2) is 4.79 Å². The van der Waals surface area contributed by atoms with Gasteiger partial charge in [0.15, 0.2) is 5.75 Å². The number of hydrogen-bond donors (Lipinski definition) is 6. The van der Waals surface area contributed by atoms with Crippen molar-refractivity contribution in [2.45, 2.75) is 336 Å². The van der Waals surface area contributed by atoms with Gasteiger partial charge in [0.2, 0.25) is 0 Å². The molecule has 119 heavy (non-hydrogen) atoms. The van der Waals surface area contributed by atoms with Crippen LogP contribution in [0.5, 0.6) is 46.0 Å². The molecule has 2 unspecified atom stereocenters. The van der Waals surface area contributed by atoms with Crippen LogP contribution in [0, 0.1) is 68.2 Å². The van der Waals surface area contributed by atoms with Gasteiger partial charge in [0.05, 0.1) is 34.4 Å². The molecule has 1 saturated heterocycles. The van der Waals surface area contributed by atoms with E-state index in [1.54, 1.807) is 19.1 Å². The number of esters is 3. The molecule has 1 aliphatic heterocycles. The van der Waals surface area contributed by atoms with E-state index in [-0.39, 0.29) is 73.3 Å². The highest BCUT2D eigenvalue weighted by Crippen LogP contribution is 2.47. The molecule has 2 atom stereocenters. The number of phenols is 6. The lowest BCUT2D eigenvalue weighted by atomic mass is 9.76. The van der Waals surface area contributed by atoms with Crippen molar-refractivity contribution in [2.24, 2.45) is 5.92 Å². The molecular weight excluding hydrogens is 1530 g/mol. The van der Waals surface area contributed by atoms with Crippen LogP contribution in [0.25, 0.3) is 0 Å². The summed E-state index contributed by atoms with van der Waals surface area (Å²) in [6.07, 6.45) is 16.9. The molecule has 0 radical (unpaired) electrons. The summed E-state index contributed by atoms with van der Waals surface area (Å²) in [6, 6.07) is 34.3. The number of halogens is 2. The normalized spacial score (nSPS) is 13.2. The maximum atomic E-state index is 12.7. The minimum absolute atomic E-state index is 0.0304. The molecule has 1 heterocycles. The summed E-state index contributed by atoms with van der Waals surface area (Å²) in [5.41, 5.74) is 19.4. The third-order valence-electron chi connectivity index (χ3n) is 21.3. The van der Waals surface area contributed by atoms with Crippen LogP contribution in [-0.2, 0) is 47.1 Å². The van der Waals surface area contributed by atoms with E-state index in [0.29, 0.717) is 65.3 Å². The van der Waals surface area contributed by atoms with Crippen LogP contribution in [-0.4, -0.2) is 67.4 Å². The molecule has 0 aromatic heterocycles. The highest BCUT2D eigenvalue weighted by atomic mass is 35.5. The Morgan fingerprint density at radius 2 is 0.882 bits per heavy atom. The number of aryl methyl sites for hydroxylation is 9. The molecule has 0 spiro atoms. The fourth-order valence-corrected chi connectivity index (χ4v) is 15.5. The molecule has 0 saturated carbocycles. The van der Waals surface area contributed by atoms with Crippen LogP contribution in [0.3, 0.4) is 0 Å².